The molecule has 0 N–H and O–H groups in total. The molecule has 3 nitrogen and oxygen atoms in total. The lowest BCUT2D eigenvalue weighted by molar-refractivity contribution is 1.07. The number of benzene rings is 7. The Morgan fingerprint density at radius 2 is 0.500 bits per heavy atom. The predicted octanol–water partition coefficient (Wildman–Crippen LogP) is 12.6. The van der Waals surface area contributed by atoms with Crippen molar-refractivity contribution in [2.24, 2.45) is 0 Å². The second-order valence-electron chi connectivity index (χ2n) is 16.6. The van der Waals surface area contributed by atoms with E-state index in [1.54, 1.807) is 0 Å². The van der Waals surface area contributed by atoms with Gasteiger partial charge < -0.3 is 0 Å². The Kier molecular flexibility index (Phi) is 10.1. The molecule has 0 amide bonds. The fourth-order valence-corrected chi connectivity index (χ4v) is 9.40. The second kappa shape index (κ2) is 15.3. The van der Waals surface area contributed by atoms with Gasteiger partial charge in [0.2, 0.25) is 0 Å². The highest BCUT2D eigenvalue weighted by atomic mass is 28.3. The van der Waals surface area contributed by atoms with E-state index in [9.17, 15) is 0 Å². The molecule has 7 aromatic carbocycles. The van der Waals surface area contributed by atoms with Crippen LogP contribution in [0.2, 0.25) is 39.3 Å². The summed E-state index contributed by atoms with van der Waals surface area (Å²) >= 11 is 0. The molecule has 0 saturated heterocycles. The lowest BCUT2D eigenvalue weighted by Crippen LogP contribution is -2.37. The van der Waals surface area contributed by atoms with Gasteiger partial charge in [-0.1, -0.05) is 207 Å². The Bertz CT molecular complexity index is 2410. The number of nitrogens with zero attached hydrogens (tertiary/aromatic N) is 3. The molecule has 0 spiro atoms. The quantitative estimate of drug-likeness (QED) is 0.138. The SMILES string of the molecule is C[Si](C)(C)c1ccc(-c2cc(-c3ccc([Si](C)(C)C)cc3)cc(-c3nc(-c4ccc(-c5ccccc5)cc4)nc(-c4ccc(-c5ccccc5)cc4)n3)c2)cc1. The highest BCUT2D eigenvalue weighted by Gasteiger charge is 2.19. The van der Waals surface area contributed by atoms with Gasteiger partial charge in [0.15, 0.2) is 17.5 Å². The summed E-state index contributed by atoms with van der Waals surface area (Å²) in [5, 5.41) is 2.89. The molecule has 8 rings (SSSR count). The van der Waals surface area contributed by atoms with Crippen molar-refractivity contribution >= 4 is 26.5 Å². The molecule has 0 aliphatic heterocycles. The van der Waals surface area contributed by atoms with E-state index in [0.717, 1.165) is 38.9 Å². The number of hydrogen-bond acceptors (Lipinski definition) is 3. The third-order valence-corrected chi connectivity index (χ3v) is 14.6. The molecule has 8 aromatic rings. The maximum atomic E-state index is 5.22. The topological polar surface area (TPSA) is 38.7 Å². The van der Waals surface area contributed by atoms with Crippen LogP contribution >= 0.6 is 0 Å². The van der Waals surface area contributed by atoms with Crippen LogP contribution in [0.5, 0.6) is 0 Å². The fraction of sp³-hybridized carbons (Fsp3) is 0.118. The first-order valence-electron chi connectivity index (χ1n) is 19.4. The van der Waals surface area contributed by atoms with Gasteiger partial charge in [-0.2, -0.15) is 0 Å². The normalized spacial score (nSPS) is 11.8. The van der Waals surface area contributed by atoms with E-state index in [4.69, 9.17) is 15.0 Å². The van der Waals surface area contributed by atoms with Gasteiger partial charge in [-0.25, -0.2) is 15.0 Å². The number of rotatable bonds is 9. The van der Waals surface area contributed by atoms with Crippen molar-refractivity contribution in [3.05, 3.63) is 176 Å². The molecule has 0 fully saturated rings. The zero-order valence-corrected chi connectivity index (χ0v) is 35.1. The maximum Gasteiger partial charge on any atom is 0.164 e. The molecular weight excluding hydrogens is 711 g/mol. The third-order valence-electron chi connectivity index (χ3n) is 10.5. The van der Waals surface area contributed by atoms with Crippen LogP contribution in [0.15, 0.2) is 176 Å². The standard InChI is InChI=1S/C51H47N3Si2/c1-55(2,3)47-29-25-40(26-30-47)44-33-45(41-27-31-48(32-28-41)56(4,5)6)35-46(34-44)51-53-49(42-21-17-38(18-22-42)36-13-9-7-10-14-36)52-50(54-51)43-23-19-39(20-24-43)37-15-11-8-12-16-37/h7-35H,1-6H3. The lowest BCUT2D eigenvalue weighted by Gasteiger charge is -2.18. The minimum atomic E-state index is -1.45. The van der Waals surface area contributed by atoms with Gasteiger partial charge in [0, 0.05) is 16.7 Å². The second-order valence-corrected chi connectivity index (χ2v) is 26.8. The molecule has 0 aliphatic carbocycles. The van der Waals surface area contributed by atoms with Gasteiger partial charge in [-0.15, -0.1) is 0 Å². The van der Waals surface area contributed by atoms with Crippen LogP contribution in [-0.2, 0) is 0 Å². The molecule has 56 heavy (non-hydrogen) atoms. The van der Waals surface area contributed by atoms with E-state index in [1.807, 2.05) is 12.1 Å². The molecule has 5 heteroatoms. The first kappa shape index (κ1) is 36.9. The van der Waals surface area contributed by atoms with E-state index >= 15 is 0 Å². The minimum absolute atomic E-state index is 0.641. The molecular formula is C51H47N3Si2. The van der Waals surface area contributed by atoms with E-state index in [-0.39, 0.29) is 0 Å². The molecule has 0 saturated carbocycles. The molecule has 0 unspecified atom stereocenters. The van der Waals surface area contributed by atoms with E-state index in [0.29, 0.717) is 17.5 Å². The summed E-state index contributed by atoms with van der Waals surface area (Å²) in [6, 6.07) is 63.1. The molecule has 0 bridgehead atoms. The first-order chi connectivity index (χ1) is 27.0. The summed E-state index contributed by atoms with van der Waals surface area (Å²) in [7, 11) is -2.90. The average molecular weight is 758 g/mol. The fourth-order valence-electron chi connectivity index (χ4n) is 7.06. The maximum absolute atomic E-state index is 5.22. The third kappa shape index (κ3) is 8.15. The van der Waals surface area contributed by atoms with Gasteiger partial charge in [-0.3, -0.25) is 0 Å². The predicted molar refractivity (Wildman–Crippen MR) is 244 cm³/mol. The Hall–Kier alpha value is -6.02. The molecule has 0 atom stereocenters. The highest BCUT2D eigenvalue weighted by molar-refractivity contribution is 6.89. The Morgan fingerprint density at radius 1 is 0.250 bits per heavy atom. The summed E-state index contributed by atoms with van der Waals surface area (Å²) in [6.45, 7) is 14.4. The van der Waals surface area contributed by atoms with E-state index in [2.05, 4.69) is 203 Å². The monoisotopic (exact) mass is 757 g/mol. The van der Waals surface area contributed by atoms with Gasteiger partial charge in [0.1, 0.15) is 0 Å². The molecule has 274 valence electrons. The van der Waals surface area contributed by atoms with Crippen molar-refractivity contribution in [1.82, 2.24) is 15.0 Å². The van der Waals surface area contributed by atoms with Crippen molar-refractivity contribution in [2.45, 2.75) is 39.3 Å². The molecule has 1 aromatic heterocycles. The summed E-state index contributed by atoms with van der Waals surface area (Å²) in [5.74, 6) is 1.93. The van der Waals surface area contributed by atoms with Gasteiger partial charge in [0.25, 0.3) is 0 Å². The summed E-state index contributed by atoms with van der Waals surface area (Å²) < 4.78 is 0. The lowest BCUT2D eigenvalue weighted by atomic mass is 9.95. The molecule has 0 aliphatic rings. The zero-order chi connectivity index (χ0) is 38.9. The van der Waals surface area contributed by atoms with E-state index in [1.165, 1.54) is 32.6 Å². The van der Waals surface area contributed by atoms with Crippen LogP contribution in [0.1, 0.15) is 0 Å². The van der Waals surface area contributed by atoms with Crippen molar-refractivity contribution < 1.29 is 0 Å². The summed E-state index contributed by atoms with van der Waals surface area (Å²) in [5.41, 5.74) is 12.1. The smallest absolute Gasteiger partial charge is 0.164 e. The minimum Gasteiger partial charge on any atom is -0.208 e. The van der Waals surface area contributed by atoms with Crippen LogP contribution in [0.25, 0.3) is 78.7 Å². The van der Waals surface area contributed by atoms with Gasteiger partial charge in [0.05, 0.1) is 16.1 Å². The molecule has 0 radical (unpaired) electrons. The van der Waals surface area contributed by atoms with Crippen LogP contribution in [0.3, 0.4) is 0 Å². The van der Waals surface area contributed by atoms with E-state index < -0.39 is 16.1 Å². The van der Waals surface area contributed by atoms with Crippen molar-refractivity contribution in [2.75, 3.05) is 0 Å². The molecule has 1 heterocycles. The van der Waals surface area contributed by atoms with Crippen LogP contribution in [-0.4, -0.2) is 31.1 Å². The Labute approximate surface area is 333 Å². The van der Waals surface area contributed by atoms with Crippen molar-refractivity contribution in [3.63, 3.8) is 0 Å². The van der Waals surface area contributed by atoms with Crippen molar-refractivity contribution in [1.29, 1.82) is 0 Å². The average Bonchev–Trinajstić information content (AvgIpc) is 3.23. The van der Waals surface area contributed by atoms with Crippen LogP contribution in [0, 0.1) is 0 Å². The first-order valence-corrected chi connectivity index (χ1v) is 26.4. The van der Waals surface area contributed by atoms with Crippen LogP contribution < -0.4 is 10.4 Å². The number of aromatic nitrogens is 3. The van der Waals surface area contributed by atoms with Gasteiger partial charge in [-0.05, 0) is 62.7 Å². The zero-order valence-electron chi connectivity index (χ0n) is 33.1. The van der Waals surface area contributed by atoms with Crippen LogP contribution in [0.4, 0.5) is 0 Å². The Morgan fingerprint density at radius 3 is 0.839 bits per heavy atom. The summed E-state index contributed by atoms with van der Waals surface area (Å²) in [4.78, 5) is 15.6. The van der Waals surface area contributed by atoms with Gasteiger partial charge >= 0.3 is 0 Å². The Balaban J connectivity index is 1.28. The largest absolute Gasteiger partial charge is 0.208 e. The highest BCUT2D eigenvalue weighted by Crippen LogP contribution is 2.34. The number of hydrogen-bond donors (Lipinski definition) is 0. The van der Waals surface area contributed by atoms with Crippen molar-refractivity contribution in [3.8, 4) is 78.7 Å². The summed E-state index contributed by atoms with van der Waals surface area (Å²) in [6.07, 6.45) is 0.